The van der Waals surface area contributed by atoms with E-state index < -0.39 is 0 Å². The molecule has 94 valence electrons. The Morgan fingerprint density at radius 3 is 2.74 bits per heavy atom. The summed E-state index contributed by atoms with van der Waals surface area (Å²) < 4.78 is 0. The summed E-state index contributed by atoms with van der Waals surface area (Å²) >= 11 is 5.70. The summed E-state index contributed by atoms with van der Waals surface area (Å²) in [6.45, 7) is 0.644. The van der Waals surface area contributed by atoms with Crippen molar-refractivity contribution < 1.29 is 0 Å². The van der Waals surface area contributed by atoms with E-state index in [0.29, 0.717) is 17.5 Å². The molecule has 0 saturated heterocycles. The van der Waals surface area contributed by atoms with Gasteiger partial charge in [-0.2, -0.15) is 0 Å². The molecule has 0 aliphatic carbocycles. The van der Waals surface area contributed by atoms with Crippen molar-refractivity contribution >= 4 is 28.3 Å². The topological polar surface area (TPSA) is 50.7 Å². The van der Waals surface area contributed by atoms with Crippen LogP contribution >= 0.6 is 11.6 Å². The molecule has 2 heterocycles. The van der Waals surface area contributed by atoms with Gasteiger partial charge in [-0.1, -0.05) is 35.9 Å². The highest BCUT2D eigenvalue weighted by Crippen LogP contribution is 2.17. The fourth-order valence-corrected chi connectivity index (χ4v) is 2.01. The van der Waals surface area contributed by atoms with Gasteiger partial charge in [0.25, 0.3) is 0 Å². The van der Waals surface area contributed by atoms with Gasteiger partial charge in [0, 0.05) is 18.1 Å². The van der Waals surface area contributed by atoms with Crippen LogP contribution in [0.3, 0.4) is 0 Å². The number of pyridine rings is 1. The lowest BCUT2D eigenvalue weighted by atomic mass is 10.1. The first-order valence-electron chi connectivity index (χ1n) is 5.89. The van der Waals surface area contributed by atoms with Gasteiger partial charge < -0.3 is 5.32 Å². The number of fused-ring (bicyclic) bond motifs is 1. The van der Waals surface area contributed by atoms with Gasteiger partial charge in [-0.3, -0.25) is 4.98 Å². The van der Waals surface area contributed by atoms with Crippen LogP contribution in [0.2, 0.25) is 5.15 Å². The van der Waals surface area contributed by atoms with Crippen molar-refractivity contribution in [2.24, 2.45) is 0 Å². The Morgan fingerprint density at radius 2 is 1.89 bits per heavy atom. The molecule has 1 N–H and O–H groups in total. The summed E-state index contributed by atoms with van der Waals surface area (Å²) in [6, 6.07) is 13.6. The van der Waals surface area contributed by atoms with Crippen LogP contribution in [0.5, 0.6) is 0 Å². The fraction of sp³-hybridized carbons (Fsp3) is 0.0714. The summed E-state index contributed by atoms with van der Waals surface area (Å²) in [7, 11) is 0. The van der Waals surface area contributed by atoms with Gasteiger partial charge in [0.15, 0.2) is 5.15 Å². The van der Waals surface area contributed by atoms with E-state index in [1.807, 2.05) is 30.3 Å². The molecule has 2 aromatic heterocycles. The van der Waals surface area contributed by atoms with E-state index in [-0.39, 0.29) is 0 Å². The minimum Gasteiger partial charge on any atom is -0.364 e. The van der Waals surface area contributed by atoms with Crippen LogP contribution < -0.4 is 5.32 Å². The number of anilines is 1. The lowest BCUT2D eigenvalue weighted by Crippen LogP contribution is -2.03. The molecule has 0 aliphatic rings. The zero-order chi connectivity index (χ0) is 13.1. The molecule has 1 aromatic carbocycles. The minimum atomic E-state index is 0.386. The van der Waals surface area contributed by atoms with Gasteiger partial charge in [-0.25, -0.2) is 0 Å². The van der Waals surface area contributed by atoms with Crippen LogP contribution in [0, 0.1) is 0 Å². The van der Waals surface area contributed by atoms with Crippen molar-refractivity contribution in [3.8, 4) is 0 Å². The average Bonchev–Trinajstić information content (AvgIpc) is 2.47. The Hall–Kier alpha value is -2.20. The predicted octanol–water partition coefficient (Wildman–Crippen LogP) is 3.29. The number of rotatable bonds is 3. The first-order chi connectivity index (χ1) is 9.33. The van der Waals surface area contributed by atoms with Crippen molar-refractivity contribution in [1.82, 2.24) is 15.2 Å². The van der Waals surface area contributed by atoms with E-state index in [0.717, 1.165) is 16.5 Å². The smallest absolute Gasteiger partial charge is 0.151 e. The van der Waals surface area contributed by atoms with Crippen molar-refractivity contribution in [3.63, 3.8) is 0 Å². The van der Waals surface area contributed by atoms with E-state index in [4.69, 9.17) is 11.6 Å². The summed E-state index contributed by atoms with van der Waals surface area (Å²) in [6.07, 6.45) is 1.80. The number of nitrogens with one attached hydrogen (secondary N) is 1. The van der Waals surface area contributed by atoms with Crippen molar-refractivity contribution in [1.29, 1.82) is 0 Å². The molecule has 5 heteroatoms. The first-order valence-corrected chi connectivity index (χ1v) is 6.26. The Kier molecular flexibility index (Phi) is 3.25. The first kappa shape index (κ1) is 11.9. The maximum Gasteiger partial charge on any atom is 0.151 e. The van der Waals surface area contributed by atoms with Crippen LogP contribution in [-0.2, 0) is 6.54 Å². The molecule has 0 bridgehead atoms. The van der Waals surface area contributed by atoms with E-state index in [2.05, 4.69) is 20.5 Å². The summed E-state index contributed by atoms with van der Waals surface area (Å²) in [5.41, 5.74) is 2.12. The number of nitrogens with zero attached hydrogens (tertiary/aromatic N) is 3. The lowest BCUT2D eigenvalue weighted by Gasteiger charge is -2.07. The van der Waals surface area contributed by atoms with Crippen LogP contribution in [0.1, 0.15) is 5.56 Å². The third-order valence-corrected chi connectivity index (χ3v) is 3.01. The molecule has 0 fully saturated rings. The zero-order valence-electron chi connectivity index (χ0n) is 10.0. The highest BCUT2D eigenvalue weighted by molar-refractivity contribution is 6.29. The van der Waals surface area contributed by atoms with Crippen molar-refractivity contribution in [2.75, 3.05) is 5.32 Å². The monoisotopic (exact) mass is 270 g/mol. The Bertz CT molecular complexity index is 692. The molecule has 4 nitrogen and oxygen atoms in total. The second-order valence-corrected chi connectivity index (χ2v) is 4.47. The number of para-hydroxylation sites is 1. The van der Waals surface area contributed by atoms with Gasteiger partial charge in [0.1, 0.15) is 5.82 Å². The Labute approximate surface area is 115 Å². The number of hydrogen-bond acceptors (Lipinski definition) is 4. The average molecular weight is 271 g/mol. The fourth-order valence-electron chi connectivity index (χ4n) is 1.91. The van der Waals surface area contributed by atoms with E-state index in [9.17, 15) is 0 Å². The van der Waals surface area contributed by atoms with Crippen molar-refractivity contribution in [3.05, 3.63) is 59.4 Å². The molecule has 0 radical (unpaired) electrons. The predicted molar refractivity (Wildman–Crippen MR) is 76.1 cm³/mol. The van der Waals surface area contributed by atoms with E-state index in [1.54, 1.807) is 18.3 Å². The number of benzene rings is 1. The minimum absolute atomic E-state index is 0.386. The quantitative estimate of drug-likeness (QED) is 0.793. The highest BCUT2D eigenvalue weighted by Gasteiger charge is 2.02. The molecule has 3 rings (SSSR count). The number of hydrogen-bond donors (Lipinski definition) is 1. The van der Waals surface area contributed by atoms with E-state index in [1.165, 1.54) is 0 Å². The molecule has 0 unspecified atom stereocenters. The molecule has 0 spiro atoms. The third-order valence-electron chi connectivity index (χ3n) is 2.81. The van der Waals surface area contributed by atoms with Crippen LogP contribution in [0.25, 0.3) is 10.9 Å². The number of aromatic nitrogens is 3. The molecule has 19 heavy (non-hydrogen) atoms. The van der Waals surface area contributed by atoms with Crippen LogP contribution in [0.15, 0.2) is 48.7 Å². The summed E-state index contributed by atoms with van der Waals surface area (Å²) in [5, 5.41) is 12.5. The molecule has 0 saturated carbocycles. The van der Waals surface area contributed by atoms with Gasteiger partial charge in [0.2, 0.25) is 0 Å². The third kappa shape index (κ3) is 2.63. The molecule has 0 atom stereocenters. The van der Waals surface area contributed by atoms with Crippen molar-refractivity contribution in [2.45, 2.75) is 6.54 Å². The standard InChI is InChI=1S/C14H11ClN4/c15-12-6-7-13(19-18-12)17-9-11-4-1-3-10-5-2-8-16-14(10)11/h1-8H,9H2,(H,17,19). The number of halogens is 1. The Balaban J connectivity index is 1.84. The second-order valence-electron chi connectivity index (χ2n) is 4.09. The maximum absolute atomic E-state index is 5.70. The van der Waals surface area contributed by atoms with Gasteiger partial charge in [-0.15, -0.1) is 10.2 Å². The Morgan fingerprint density at radius 1 is 1.00 bits per heavy atom. The largest absolute Gasteiger partial charge is 0.364 e. The summed E-state index contributed by atoms with van der Waals surface area (Å²) in [5.74, 6) is 0.692. The molecule has 0 amide bonds. The molecular formula is C14H11ClN4. The van der Waals surface area contributed by atoms with Crippen LogP contribution in [0.4, 0.5) is 5.82 Å². The second kappa shape index (κ2) is 5.20. The van der Waals surface area contributed by atoms with Gasteiger partial charge in [0.05, 0.1) is 5.52 Å². The maximum atomic E-state index is 5.70. The molecule has 0 aliphatic heterocycles. The van der Waals surface area contributed by atoms with Gasteiger partial charge >= 0.3 is 0 Å². The molecular weight excluding hydrogens is 260 g/mol. The lowest BCUT2D eigenvalue weighted by molar-refractivity contribution is 1.00. The van der Waals surface area contributed by atoms with Crippen LogP contribution in [-0.4, -0.2) is 15.2 Å². The zero-order valence-corrected chi connectivity index (χ0v) is 10.8. The van der Waals surface area contributed by atoms with Gasteiger partial charge in [-0.05, 0) is 23.8 Å². The van der Waals surface area contributed by atoms with E-state index >= 15 is 0 Å². The SMILES string of the molecule is Clc1ccc(NCc2cccc3cccnc23)nn1. The normalized spacial score (nSPS) is 10.6. The summed E-state index contributed by atoms with van der Waals surface area (Å²) in [4.78, 5) is 4.41. The highest BCUT2D eigenvalue weighted by atomic mass is 35.5. The molecule has 3 aromatic rings.